The molecule has 0 amide bonds. The molecule has 0 atom stereocenters. The summed E-state index contributed by atoms with van der Waals surface area (Å²) in [6.07, 6.45) is 0.872. The molecule has 0 aliphatic heterocycles. The maximum atomic E-state index is 11.3. The minimum absolute atomic E-state index is 0.0142. The number of carbonyl (C=O) groups is 1. The number of nitrogen functional groups attached to an aromatic ring is 1. The lowest BCUT2D eigenvalue weighted by molar-refractivity contribution is 0.0694. The largest absolute Gasteiger partial charge is 0.490 e. The Labute approximate surface area is 122 Å². The molecule has 2 aromatic rings. The van der Waals surface area contributed by atoms with Crippen molar-refractivity contribution in [3.05, 3.63) is 48.0 Å². The summed E-state index contributed by atoms with van der Waals surface area (Å²) >= 11 is 0. The van der Waals surface area contributed by atoms with Gasteiger partial charge in [-0.25, -0.2) is 4.79 Å². The fourth-order valence-corrected chi connectivity index (χ4v) is 1.79. The van der Waals surface area contributed by atoms with Gasteiger partial charge in [-0.2, -0.15) is 0 Å². The van der Waals surface area contributed by atoms with Gasteiger partial charge in [-0.1, -0.05) is 19.1 Å². The maximum Gasteiger partial charge on any atom is 0.339 e. The number of hydrogen-bond acceptors (Lipinski definition) is 4. The van der Waals surface area contributed by atoms with Crippen molar-refractivity contribution in [3.63, 3.8) is 0 Å². The summed E-state index contributed by atoms with van der Waals surface area (Å²) in [6, 6.07) is 11.6. The SMILES string of the molecule is CCCOc1ccccc1Oc1ccc(N)cc1C(=O)O. The highest BCUT2D eigenvalue weighted by Gasteiger charge is 2.14. The second-order valence-electron chi connectivity index (χ2n) is 4.46. The lowest BCUT2D eigenvalue weighted by Crippen LogP contribution is -2.02. The van der Waals surface area contributed by atoms with Gasteiger partial charge in [0.05, 0.1) is 6.61 Å². The second kappa shape index (κ2) is 6.65. The van der Waals surface area contributed by atoms with Crippen LogP contribution in [0.2, 0.25) is 0 Å². The van der Waals surface area contributed by atoms with Gasteiger partial charge in [0.25, 0.3) is 0 Å². The van der Waals surface area contributed by atoms with Crippen molar-refractivity contribution >= 4 is 11.7 Å². The van der Waals surface area contributed by atoms with Crippen molar-refractivity contribution in [1.29, 1.82) is 0 Å². The van der Waals surface area contributed by atoms with E-state index in [1.54, 1.807) is 24.3 Å². The molecule has 0 aliphatic carbocycles. The van der Waals surface area contributed by atoms with Crippen LogP contribution in [-0.4, -0.2) is 17.7 Å². The van der Waals surface area contributed by atoms with E-state index >= 15 is 0 Å². The molecule has 0 heterocycles. The highest BCUT2D eigenvalue weighted by molar-refractivity contribution is 5.92. The zero-order valence-corrected chi connectivity index (χ0v) is 11.7. The highest BCUT2D eigenvalue weighted by atomic mass is 16.5. The van der Waals surface area contributed by atoms with Crippen LogP contribution in [0.5, 0.6) is 17.2 Å². The van der Waals surface area contributed by atoms with Gasteiger partial charge in [0.1, 0.15) is 11.3 Å². The predicted octanol–water partition coefficient (Wildman–Crippen LogP) is 3.55. The first-order chi connectivity index (χ1) is 10.1. The number of nitrogens with two attached hydrogens (primary N) is 1. The summed E-state index contributed by atoms with van der Waals surface area (Å²) in [4.78, 5) is 11.3. The van der Waals surface area contributed by atoms with Crippen LogP contribution >= 0.6 is 0 Å². The average Bonchev–Trinajstić information content (AvgIpc) is 2.48. The van der Waals surface area contributed by atoms with Crippen LogP contribution in [0.4, 0.5) is 5.69 Å². The van der Waals surface area contributed by atoms with Gasteiger partial charge < -0.3 is 20.3 Å². The van der Waals surface area contributed by atoms with Gasteiger partial charge in [0.2, 0.25) is 0 Å². The number of hydrogen-bond donors (Lipinski definition) is 2. The van der Waals surface area contributed by atoms with E-state index in [4.69, 9.17) is 15.2 Å². The van der Waals surface area contributed by atoms with Crippen molar-refractivity contribution in [2.24, 2.45) is 0 Å². The van der Waals surface area contributed by atoms with E-state index in [0.717, 1.165) is 6.42 Å². The molecule has 3 N–H and O–H groups in total. The Morgan fingerprint density at radius 1 is 1.14 bits per heavy atom. The van der Waals surface area contributed by atoms with Crippen LogP contribution in [0.1, 0.15) is 23.7 Å². The first kappa shape index (κ1) is 14.7. The number of carboxylic acids is 1. The van der Waals surface area contributed by atoms with Crippen LogP contribution in [0.15, 0.2) is 42.5 Å². The molecule has 0 spiro atoms. The number of rotatable bonds is 6. The first-order valence-electron chi connectivity index (χ1n) is 6.64. The minimum atomic E-state index is -1.09. The molecule has 21 heavy (non-hydrogen) atoms. The Kier molecular flexibility index (Phi) is 4.66. The van der Waals surface area contributed by atoms with Gasteiger partial charge in [0, 0.05) is 5.69 Å². The van der Waals surface area contributed by atoms with Crippen LogP contribution in [-0.2, 0) is 0 Å². The van der Waals surface area contributed by atoms with Crippen LogP contribution in [0, 0.1) is 0 Å². The zero-order chi connectivity index (χ0) is 15.2. The third-order valence-corrected chi connectivity index (χ3v) is 2.76. The lowest BCUT2D eigenvalue weighted by atomic mass is 10.2. The third kappa shape index (κ3) is 3.66. The van der Waals surface area contributed by atoms with Crippen LogP contribution in [0.25, 0.3) is 0 Å². The fraction of sp³-hybridized carbons (Fsp3) is 0.188. The van der Waals surface area contributed by atoms with Crippen LogP contribution in [0.3, 0.4) is 0 Å². The maximum absolute atomic E-state index is 11.3. The summed E-state index contributed by atoms with van der Waals surface area (Å²) in [5.41, 5.74) is 6.00. The quantitative estimate of drug-likeness (QED) is 0.794. The first-order valence-corrected chi connectivity index (χ1v) is 6.64. The van der Waals surface area contributed by atoms with Crippen LogP contribution < -0.4 is 15.2 Å². The van der Waals surface area contributed by atoms with E-state index in [9.17, 15) is 9.90 Å². The molecule has 0 bridgehead atoms. The Morgan fingerprint density at radius 3 is 2.52 bits per heavy atom. The number of anilines is 1. The fourth-order valence-electron chi connectivity index (χ4n) is 1.79. The van der Waals surface area contributed by atoms with Gasteiger partial charge in [-0.15, -0.1) is 0 Å². The molecule has 0 fully saturated rings. The standard InChI is InChI=1S/C16H17NO4/c1-2-9-20-14-5-3-4-6-15(14)21-13-8-7-11(17)10-12(13)16(18)19/h3-8,10H,2,9,17H2,1H3,(H,18,19). The monoisotopic (exact) mass is 287 g/mol. The second-order valence-corrected chi connectivity index (χ2v) is 4.46. The summed E-state index contributed by atoms with van der Waals surface area (Å²) < 4.78 is 11.3. The Hall–Kier alpha value is -2.69. The average molecular weight is 287 g/mol. The summed E-state index contributed by atoms with van der Waals surface area (Å²) in [6.45, 7) is 2.57. The predicted molar refractivity (Wildman–Crippen MR) is 80.1 cm³/mol. The Bertz CT molecular complexity index is 640. The lowest BCUT2D eigenvalue weighted by Gasteiger charge is -2.13. The molecule has 0 aliphatic rings. The number of aromatic carboxylic acids is 1. The molecule has 5 nitrogen and oxygen atoms in total. The number of benzene rings is 2. The van der Waals surface area contributed by atoms with Crippen molar-refractivity contribution in [1.82, 2.24) is 0 Å². The normalized spacial score (nSPS) is 10.1. The van der Waals surface area contributed by atoms with E-state index in [1.807, 2.05) is 13.0 Å². The summed E-state index contributed by atoms with van der Waals surface area (Å²) in [5, 5.41) is 9.21. The van der Waals surface area contributed by atoms with Crippen molar-refractivity contribution in [2.45, 2.75) is 13.3 Å². The third-order valence-electron chi connectivity index (χ3n) is 2.76. The molecular formula is C16H17NO4. The van der Waals surface area contributed by atoms with E-state index in [2.05, 4.69) is 0 Å². The summed E-state index contributed by atoms with van der Waals surface area (Å²) in [5.74, 6) is 0.180. The molecule has 0 saturated carbocycles. The number of para-hydroxylation sites is 2. The number of ether oxygens (including phenoxy) is 2. The zero-order valence-electron chi connectivity index (χ0n) is 11.7. The van der Waals surface area contributed by atoms with Crippen molar-refractivity contribution in [3.8, 4) is 17.2 Å². The van der Waals surface area contributed by atoms with Crippen molar-refractivity contribution in [2.75, 3.05) is 12.3 Å². The van der Waals surface area contributed by atoms with E-state index in [0.29, 0.717) is 23.8 Å². The molecular weight excluding hydrogens is 270 g/mol. The molecule has 0 saturated heterocycles. The minimum Gasteiger partial charge on any atom is -0.490 e. The molecule has 0 radical (unpaired) electrons. The topological polar surface area (TPSA) is 81.8 Å². The van der Waals surface area contributed by atoms with Gasteiger partial charge in [0.15, 0.2) is 11.5 Å². The number of carboxylic acid groups (broad SMARTS) is 1. The van der Waals surface area contributed by atoms with E-state index < -0.39 is 5.97 Å². The van der Waals surface area contributed by atoms with Gasteiger partial charge in [-0.05, 0) is 36.8 Å². The van der Waals surface area contributed by atoms with Gasteiger partial charge in [-0.3, -0.25) is 0 Å². The molecule has 2 rings (SSSR count). The summed E-state index contributed by atoms with van der Waals surface area (Å²) in [7, 11) is 0. The smallest absolute Gasteiger partial charge is 0.339 e. The molecule has 2 aromatic carbocycles. The van der Waals surface area contributed by atoms with E-state index in [-0.39, 0.29) is 11.3 Å². The molecule has 5 heteroatoms. The molecule has 110 valence electrons. The van der Waals surface area contributed by atoms with Crippen molar-refractivity contribution < 1.29 is 19.4 Å². The highest BCUT2D eigenvalue weighted by Crippen LogP contribution is 2.33. The van der Waals surface area contributed by atoms with E-state index in [1.165, 1.54) is 12.1 Å². The Morgan fingerprint density at radius 2 is 1.86 bits per heavy atom. The molecule has 0 aromatic heterocycles. The van der Waals surface area contributed by atoms with Gasteiger partial charge >= 0.3 is 5.97 Å². The molecule has 0 unspecified atom stereocenters. The Balaban J connectivity index is 2.32.